The van der Waals surface area contributed by atoms with E-state index in [1.54, 1.807) is 22.8 Å². The molecule has 2 aliphatic heterocycles. The highest BCUT2D eigenvalue weighted by Crippen LogP contribution is 2.34. The van der Waals surface area contributed by atoms with E-state index < -0.39 is 5.60 Å². The molecular weight excluding hydrogens is 454 g/mol. The molecule has 36 heavy (non-hydrogen) atoms. The second-order valence-corrected chi connectivity index (χ2v) is 10.4. The van der Waals surface area contributed by atoms with Crippen molar-refractivity contribution in [3.63, 3.8) is 0 Å². The van der Waals surface area contributed by atoms with E-state index in [4.69, 9.17) is 4.74 Å². The van der Waals surface area contributed by atoms with Crippen molar-refractivity contribution in [2.24, 2.45) is 0 Å². The fourth-order valence-electron chi connectivity index (χ4n) is 4.81. The molecule has 0 spiro atoms. The maximum Gasteiger partial charge on any atom is 0.410 e. The van der Waals surface area contributed by atoms with Gasteiger partial charge in [0, 0.05) is 50.1 Å². The predicted octanol–water partition coefficient (Wildman–Crippen LogP) is 5.04. The van der Waals surface area contributed by atoms with Crippen LogP contribution in [0.5, 0.6) is 0 Å². The number of likely N-dealkylation sites (tertiary alicyclic amines) is 1. The molecule has 1 fully saturated rings. The average molecular weight is 490 g/mol. The number of carbonyl (C=O) groups excluding carboxylic acids is 3. The Morgan fingerprint density at radius 2 is 1.69 bits per heavy atom. The van der Waals surface area contributed by atoms with Gasteiger partial charge in [0.15, 0.2) is 0 Å². The minimum Gasteiger partial charge on any atom is -0.444 e. The van der Waals surface area contributed by atoms with Gasteiger partial charge in [-0.15, -0.1) is 0 Å². The van der Waals surface area contributed by atoms with Crippen LogP contribution in [0.25, 0.3) is 6.08 Å². The van der Waals surface area contributed by atoms with Gasteiger partial charge in [0.2, 0.25) is 5.91 Å². The highest BCUT2D eigenvalue weighted by molar-refractivity contribution is 6.05. The van der Waals surface area contributed by atoms with Crippen LogP contribution in [0, 0.1) is 0 Å². The van der Waals surface area contributed by atoms with Crippen molar-refractivity contribution < 1.29 is 19.1 Å². The summed E-state index contributed by atoms with van der Waals surface area (Å²) in [5.74, 6) is -0.125. The lowest BCUT2D eigenvalue weighted by Crippen LogP contribution is -2.49. The molecule has 7 heteroatoms. The van der Waals surface area contributed by atoms with Gasteiger partial charge in [-0.1, -0.05) is 36.4 Å². The third-order valence-electron chi connectivity index (χ3n) is 6.56. The van der Waals surface area contributed by atoms with Crippen LogP contribution in [0.4, 0.5) is 16.2 Å². The standard InChI is InChI=1S/C29H35N3O4/c1-21(33)31-19-14-23-11-12-25(20-26(23)31)32(27(34)13-10-22-8-6-5-7-9-22)24-15-17-30(18-16-24)28(35)36-29(2,3)4/h5-13,20,24H,14-19H2,1-4H3. The molecule has 0 aliphatic carbocycles. The van der Waals surface area contributed by atoms with E-state index >= 15 is 0 Å². The van der Waals surface area contributed by atoms with Crippen LogP contribution in [0.2, 0.25) is 0 Å². The smallest absolute Gasteiger partial charge is 0.410 e. The van der Waals surface area contributed by atoms with Gasteiger partial charge >= 0.3 is 6.09 Å². The van der Waals surface area contributed by atoms with Gasteiger partial charge < -0.3 is 19.4 Å². The first-order chi connectivity index (χ1) is 17.1. The Balaban J connectivity index is 1.58. The number of fused-ring (bicyclic) bond motifs is 1. The zero-order valence-corrected chi connectivity index (χ0v) is 21.6. The molecular formula is C29H35N3O4. The number of amides is 3. The largest absolute Gasteiger partial charge is 0.444 e. The number of nitrogens with zero attached hydrogens (tertiary/aromatic N) is 3. The van der Waals surface area contributed by atoms with Crippen LogP contribution >= 0.6 is 0 Å². The van der Waals surface area contributed by atoms with Crippen molar-refractivity contribution in [2.45, 2.75) is 58.6 Å². The third-order valence-corrected chi connectivity index (χ3v) is 6.56. The van der Waals surface area contributed by atoms with Gasteiger partial charge in [-0.3, -0.25) is 9.59 Å². The Morgan fingerprint density at radius 1 is 1.00 bits per heavy atom. The zero-order valence-electron chi connectivity index (χ0n) is 21.6. The molecule has 4 rings (SSSR count). The summed E-state index contributed by atoms with van der Waals surface area (Å²) in [5.41, 5.74) is 3.14. The van der Waals surface area contributed by atoms with Crippen LogP contribution in [0.1, 0.15) is 51.7 Å². The summed E-state index contributed by atoms with van der Waals surface area (Å²) >= 11 is 0. The van der Waals surface area contributed by atoms with Crippen molar-refractivity contribution in [1.29, 1.82) is 0 Å². The second kappa shape index (κ2) is 10.6. The number of hydrogen-bond acceptors (Lipinski definition) is 4. The van der Waals surface area contributed by atoms with E-state index in [2.05, 4.69) is 0 Å². The van der Waals surface area contributed by atoms with E-state index in [1.807, 2.05) is 80.3 Å². The molecule has 0 aromatic heterocycles. The lowest BCUT2D eigenvalue weighted by Gasteiger charge is -2.38. The molecule has 2 aromatic rings. The van der Waals surface area contributed by atoms with E-state index in [0.717, 1.165) is 28.9 Å². The number of anilines is 2. The van der Waals surface area contributed by atoms with Crippen LogP contribution in [-0.2, 0) is 20.7 Å². The molecule has 190 valence electrons. The van der Waals surface area contributed by atoms with Gasteiger partial charge in [0.1, 0.15) is 5.60 Å². The third kappa shape index (κ3) is 5.96. The number of rotatable bonds is 4. The zero-order chi connectivity index (χ0) is 25.9. The van der Waals surface area contributed by atoms with E-state index in [1.165, 1.54) is 0 Å². The Labute approximate surface area is 213 Å². The fraction of sp³-hybridized carbons (Fsp3) is 0.414. The molecule has 0 unspecified atom stereocenters. The summed E-state index contributed by atoms with van der Waals surface area (Å²) in [4.78, 5) is 43.6. The van der Waals surface area contributed by atoms with Crippen LogP contribution < -0.4 is 9.80 Å². The van der Waals surface area contributed by atoms with Gasteiger partial charge in [0.05, 0.1) is 0 Å². The summed E-state index contributed by atoms with van der Waals surface area (Å²) in [5, 5.41) is 0. The van der Waals surface area contributed by atoms with E-state index in [0.29, 0.717) is 32.5 Å². The molecule has 0 radical (unpaired) electrons. The highest BCUT2D eigenvalue weighted by Gasteiger charge is 2.33. The molecule has 0 bridgehead atoms. The Hall–Kier alpha value is -3.61. The van der Waals surface area contributed by atoms with E-state index in [9.17, 15) is 14.4 Å². The lowest BCUT2D eigenvalue weighted by atomic mass is 10.0. The average Bonchev–Trinajstić information content (AvgIpc) is 3.27. The molecule has 0 N–H and O–H groups in total. The summed E-state index contributed by atoms with van der Waals surface area (Å²) in [6.07, 6.45) is 5.18. The molecule has 2 aliphatic rings. The summed E-state index contributed by atoms with van der Waals surface area (Å²) in [6, 6.07) is 15.6. The first-order valence-electron chi connectivity index (χ1n) is 12.6. The van der Waals surface area contributed by atoms with Gasteiger partial charge in [-0.25, -0.2) is 4.79 Å². The minimum absolute atomic E-state index is 0.00146. The van der Waals surface area contributed by atoms with Crippen LogP contribution in [-0.4, -0.2) is 54.1 Å². The lowest BCUT2D eigenvalue weighted by molar-refractivity contribution is -0.116. The monoisotopic (exact) mass is 489 g/mol. The van der Waals surface area contributed by atoms with Gasteiger partial charge in [-0.2, -0.15) is 0 Å². The van der Waals surface area contributed by atoms with Crippen molar-refractivity contribution in [3.8, 4) is 0 Å². The van der Waals surface area contributed by atoms with Crippen molar-refractivity contribution in [3.05, 3.63) is 65.7 Å². The number of hydrogen-bond donors (Lipinski definition) is 0. The minimum atomic E-state index is -0.550. The SMILES string of the molecule is CC(=O)N1CCc2ccc(N(C(=O)C=Cc3ccccc3)C3CCN(C(=O)OC(C)(C)C)CC3)cc21. The summed E-state index contributed by atoms with van der Waals surface area (Å²) in [6.45, 7) is 8.82. The molecule has 3 amide bonds. The molecule has 7 nitrogen and oxygen atoms in total. The second-order valence-electron chi connectivity index (χ2n) is 10.4. The number of benzene rings is 2. The topological polar surface area (TPSA) is 70.2 Å². The number of piperidine rings is 1. The van der Waals surface area contributed by atoms with Gasteiger partial charge in [-0.05, 0) is 69.4 Å². The summed E-state index contributed by atoms with van der Waals surface area (Å²) in [7, 11) is 0. The van der Waals surface area contributed by atoms with E-state index in [-0.39, 0.29) is 23.9 Å². The molecule has 2 aromatic carbocycles. The first-order valence-corrected chi connectivity index (χ1v) is 12.6. The van der Waals surface area contributed by atoms with Crippen molar-refractivity contribution >= 4 is 35.4 Å². The molecule has 0 atom stereocenters. The maximum atomic E-state index is 13.6. The maximum absolute atomic E-state index is 13.6. The molecule has 2 heterocycles. The van der Waals surface area contributed by atoms with Crippen molar-refractivity contribution in [1.82, 2.24) is 4.90 Å². The molecule has 0 saturated carbocycles. The fourth-order valence-corrected chi connectivity index (χ4v) is 4.81. The Morgan fingerprint density at radius 3 is 2.33 bits per heavy atom. The number of carbonyl (C=O) groups is 3. The Bertz CT molecular complexity index is 1140. The summed E-state index contributed by atoms with van der Waals surface area (Å²) < 4.78 is 5.53. The molecule has 1 saturated heterocycles. The normalized spacial score (nSPS) is 16.2. The Kier molecular flexibility index (Phi) is 7.48. The van der Waals surface area contributed by atoms with Crippen molar-refractivity contribution in [2.75, 3.05) is 29.4 Å². The number of ether oxygens (including phenoxy) is 1. The van der Waals surface area contributed by atoms with Crippen LogP contribution in [0.3, 0.4) is 0 Å². The van der Waals surface area contributed by atoms with Crippen LogP contribution in [0.15, 0.2) is 54.6 Å². The highest BCUT2D eigenvalue weighted by atomic mass is 16.6. The first kappa shape index (κ1) is 25.5. The quantitative estimate of drug-likeness (QED) is 0.564. The predicted molar refractivity (Wildman–Crippen MR) is 142 cm³/mol. The van der Waals surface area contributed by atoms with Gasteiger partial charge in [0.25, 0.3) is 5.91 Å².